The van der Waals surface area contributed by atoms with Crippen LogP contribution in [-0.2, 0) is 0 Å². The zero-order valence-corrected chi connectivity index (χ0v) is 12.9. The number of rotatable bonds is 5. The number of nitrogens with one attached hydrogen (secondary N) is 1. The summed E-state index contributed by atoms with van der Waals surface area (Å²) in [5.41, 5.74) is 0.984. The van der Waals surface area contributed by atoms with Gasteiger partial charge in [-0.05, 0) is 63.4 Å². The average Bonchev–Trinajstić information content (AvgIpc) is 3.32. The molecule has 0 aromatic heterocycles. The van der Waals surface area contributed by atoms with Gasteiger partial charge in [0.15, 0.2) is 11.6 Å². The van der Waals surface area contributed by atoms with Crippen molar-refractivity contribution in [2.75, 3.05) is 20.2 Å². The minimum absolute atomic E-state index is 0.169. The van der Waals surface area contributed by atoms with Crippen LogP contribution in [0.3, 0.4) is 0 Å². The summed E-state index contributed by atoms with van der Waals surface area (Å²) in [5, 5.41) is 3.65. The molecule has 1 atom stereocenters. The zero-order chi connectivity index (χ0) is 14.8. The van der Waals surface area contributed by atoms with Crippen molar-refractivity contribution in [3.8, 4) is 5.75 Å². The summed E-state index contributed by atoms with van der Waals surface area (Å²) >= 11 is 0. The van der Waals surface area contributed by atoms with E-state index in [-0.39, 0.29) is 11.9 Å². The van der Waals surface area contributed by atoms with Crippen molar-refractivity contribution in [1.29, 1.82) is 0 Å². The summed E-state index contributed by atoms with van der Waals surface area (Å²) in [6, 6.07) is 6.81. The molecule has 1 N–H and O–H groups in total. The fourth-order valence-electron chi connectivity index (χ4n) is 3.27. The van der Waals surface area contributed by atoms with Crippen molar-refractivity contribution in [3.05, 3.63) is 29.6 Å². The fraction of sp³-hybridized carbons (Fsp3) is 0.647. The van der Waals surface area contributed by atoms with E-state index in [1.165, 1.54) is 45.9 Å². The molecule has 3 nitrogen and oxygen atoms in total. The van der Waals surface area contributed by atoms with E-state index >= 15 is 0 Å². The second-order valence-electron chi connectivity index (χ2n) is 6.32. The van der Waals surface area contributed by atoms with Crippen LogP contribution in [0.1, 0.15) is 44.2 Å². The summed E-state index contributed by atoms with van der Waals surface area (Å²) < 4.78 is 18.7. The largest absolute Gasteiger partial charge is 0.494 e. The molecule has 1 unspecified atom stereocenters. The molecule has 0 bridgehead atoms. The Morgan fingerprint density at radius 2 is 1.95 bits per heavy atom. The van der Waals surface area contributed by atoms with Gasteiger partial charge in [-0.15, -0.1) is 0 Å². The number of nitrogens with zero attached hydrogens (tertiary/aromatic N) is 1. The zero-order valence-electron chi connectivity index (χ0n) is 12.9. The van der Waals surface area contributed by atoms with E-state index < -0.39 is 0 Å². The maximum absolute atomic E-state index is 13.8. The Hall–Kier alpha value is -1.13. The van der Waals surface area contributed by atoms with Crippen molar-refractivity contribution in [2.45, 2.75) is 50.7 Å². The van der Waals surface area contributed by atoms with Crippen molar-refractivity contribution in [2.24, 2.45) is 0 Å². The molecule has 1 saturated carbocycles. The van der Waals surface area contributed by atoms with Crippen LogP contribution in [0.5, 0.6) is 5.75 Å². The first kappa shape index (κ1) is 14.8. The van der Waals surface area contributed by atoms with Gasteiger partial charge in [0, 0.05) is 18.1 Å². The van der Waals surface area contributed by atoms with Crippen molar-refractivity contribution in [1.82, 2.24) is 10.2 Å². The monoisotopic (exact) mass is 292 g/mol. The molecular weight excluding hydrogens is 267 g/mol. The number of likely N-dealkylation sites (tertiary alicyclic amines) is 1. The van der Waals surface area contributed by atoms with Crippen LogP contribution in [0, 0.1) is 5.82 Å². The number of halogens is 1. The highest BCUT2D eigenvalue weighted by Crippen LogP contribution is 2.30. The van der Waals surface area contributed by atoms with Gasteiger partial charge in [0.2, 0.25) is 0 Å². The van der Waals surface area contributed by atoms with Gasteiger partial charge in [-0.1, -0.05) is 6.07 Å². The van der Waals surface area contributed by atoms with Crippen molar-refractivity contribution in [3.63, 3.8) is 0 Å². The minimum atomic E-state index is -0.285. The van der Waals surface area contributed by atoms with Crippen LogP contribution >= 0.6 is 0 Å². The van der Waals surface area contributed by atoms with E-state index in [9.17, 15) is 4.39 Å². The van der Waals surface area contributed by atoms with Gasteiger partial charge in [0.1, 0.15) is 0 Å². The third-order valence-corrected chi connectivity index (χ3v) is 4.75. The van der Waals surface area contributed by atoms with Gasteiger partial charge in [-0.3, -0.25) is 0 Å². The highest BCUT2D eigenvalue weighted by Gasteiger charge is 2.32. The highest BCUT2D eigenvalue weighted by atomic mass is 19.1. The standard InChI is InChI=1S/C17H25FN2O/c1-12(13-3-6-17(21-2)16(18)11-13)19-14-7-9-20(10-8-14)15-4-5-15/h3,6,11-12,14-15,19H,4-5,7-10H2,1-2H3. The first-order chi connectivity index (χ1) is 10.2. The second kappa shape index (κ2) is 6.32. The van der Waals surface area contributed by atoms with E-state index in [2.05, 4.69) is 17.1 Å². The van der Waals surface area contributed by atoms with Crippen LogP contribution in [0.4, 0.5) is 4.39 Å². The Labute approximate surface area is 126 Å². The van der Waals surface area contributed by atoms with Crippen LogP contribution < -0.4 is 10.1 Å². The maximum Gasteiger partial charge on any atom is 0.165 e. The molecule has 2 aliphatic rings. The van der Waals surface area contributed by atoms with Crippen LogP contribution in [-0.4, -0.2) is 37.2 Å². The Balaban J connectivity index is 1.53. The number of piperidine rings is 1. The lowest BCUT2D eigenvalue weighted by Gasteiger charge is -2.34. The van der Waals surface area contributed by atoms with Gasteiger partial charge in [0.25, 0.3) is 0 Å². The molecule has 116 valence electrons. The third-order valence-electron chi connectivity index (χ3n) is 4.75. The molecule has 0 radical (unpaired) electrons. The number of ether oxygens (including phenoxy) is 1. The van der Waals surface area contributed by atoms with Crippen LogP contribution in [0.15, 0.2) is 18.2 Å². The number of hydrogen-bond donors (Lipinski definition) is 1. The molecule has 1 saturated heterocycles. The quantitative estimate of drug-likeness (QED) is 0.902. The number of hydrogen-bond acceptors (Lipinski definition) is 3. The second-order valence-corrected chi connectivity index (χ2v) is 6.32. The van der Waals surface area contributed by atoms with Crippen LogP contribution in [0.25, 0.3) is 0 Å². The molecule has 1 aliphatic carbocycles. The molecule has 1 aromatic rings. The lowest BCUT2D eigenvalue weighted by molar-refractivity contribution is 0.184. The Bertz CT molecular complexity index is 482. The smallest absolute Gasteiger partial charge is 0.165 e. The molecule has 1 heterocycles. The topological polar surface area (TPSA) is 24.5 Å². The molecule has 0 amide bonds. The first-order valence-electron chi connectivity index (χ1n) is 8.01. The lowest BCUT2D eigenvalue weighted by Crippen LogP contribution is -2.44. The lowest BCUT2D eigenvalue weighted by atomic mass is 10.0. The minimum Gasteiger partial charge on any atom is -0.494 e. The molecule has 0 spiro atoms. The van der Waals surface area contributed by atoms with E-state index in [1.807, 2.05) is 6.07 Å². The summed E-state index contributed by atoms with van der Waals surface area (Å²) in [7, 11) is 1.49. The van der Waals surface area contributed by atoms with E-state index in [4.69, 9.17) is 4.74 Å². The molecule has 1 aliphatic heterocycles. The summed E-state index contributed by atoms with van der Waals surface area (Å²) in [6.45, 7) is 4.51. The molecule has 3 rings (SSSR count). The van der Waals surface area contributed by atoms with Gasteiger partial charge >= 0.3 is 0 Å². The molecule has 21 heavy (non-hydrogen) atoms. The molecular formula is C17H25FN2O. The predicted molar refractivity (Wildman–Crippen MR) is 82.1 cm³/mol. The summed E-state index contributed by atoms with van der Waals surface area (Å²) in [5.74, 6) is 0.0240. The van der Waals surface area contributed by atoms with E-state index in [1.54, 1.807) is 12.1 Å². The Morgan fingerprint density at radius 3 is 2.52 bits per heavy atom. The van der Waals surface area contributed by atoms with Gasteiger partial charge in [-0.25, -0.2) is 4.39 Å². The molecule has 1 aromatic carbocycles. The van der Waals surface area contributed by atoms with Gasteiger partial charge in [0.05, 0.1) is 7.11 Å². The van der Waals surface area contributed by atoms with E-state index in [0.29, 0.717) is 11.8 Å². The molecule has 4 heteroatoms. The normalized spacial score (nSPS) is 22.2. The molecule has 2 fully saturated rings. The number of methoxy groups -OCH3 is 1. The van der Waals surface area contributed by atoms with Crippen molar-refractivity contribution < 1.29 is 9.13 Å². The third kappa shape index (κ3) is 3.55. The van der Waals surface area contributed by atoms with Crippen LogP contribution in [0.2, 0.25) is 0 Å². The van der Waals surface area contributed by atoms with Gasteiger partial charge in [-0.2, -0.15) is 0 Å². The average molecular weight is 292 g/mol. The summed E-state index contributed by atoms with van der Waals surface area (Å²) in [6.07, 6.45) is 5.16. The fourth-order valence-corrected chi connectivity index (χ4v) is 3.27. The highest BCUT2D eigenvalue weighted by molar-refractivity contribution is 5.30. The number of benzene rings is 1. The van der Waals surface area contributed by atoms with Gasteiger partial charge < -0.3 is 15.0 Å². The Morgan fingerprint density at radius 1 is 1.24 bits per heavy atom. The summed E-state index contributed by atoms with van der Waals surface area (Å²) in [4.78, 5) is 2.62. The predicted octanol–water partition coefficient (Wildman–Crippen LogP) is 3.11. The van der Waals surface area contributed by atoms with E-state index in [0.717, 1.165) is 11.6 Å². The first-order valence-corrected chi connectivity index (χ1v) is 8.01. The SMILES string of the molecule is COc1ccc(C(C)NC2CCN(C3CC3)CC2)cc1F. The maximum atomic E-state index is 13.8. The Kier molecular flexibility index (Phi) is 4.45. The van der Waals surface area contributed by atoms with Crippen molar-refractivity contribution >= 4 is 0 Å².